The molecule has 5 rings (SSSR count). The Kier molecular flexibility index (Phi) is 4.06. The molecule has 27 heavy (non-hydrogen) atoms. The van der Waals surface area contributed by atoms with Crippen LogP contribution in [0, 0.1) is 0 Å². The molecule has 0 N–H and O–H groups in total. The van der Waals surface area contributed by atoms with Gasteiger partial charge in [-0.05, 0) is 55.5 Å². The van der Waals surface area contributed by atoms with Gasteiger partial charge in [-0.25, -0.2) is 4.79 Å². The van der Waals surface area contributed by atoms with Crippen LogP contribution in [0.5, 0.6) is 5.75 Å². The molecule has 0 saturated heterocycles. The summed E-state index contributed by atoms with van der Waals surface area (Å²) in [6.07, 6.45) is 3.86. The lowest BCUT2D eigenvalue weighted by molar-refractivity contribution is 0.289. The third-order valence-corrected chi connectivity index (χ3v) is 6.26. The molecule has 2 aliphatic rings. The molecule has 3 aromatic rings. The molecule has 0 bridgehead atoms. The number of nitrogens with zero attached hydrogens (tertiary/aromatic N) is 1. The molecule has 0 amide bonds. The molecule has 1 aliphatic carbocycles. The lowest BCUT2D eigenvalue weighted by Crippen LogP contribution is -2.32. The second-order valence-corrected chi connectivity index (χ2v) is 7.80. The summed E-state index contributed by atoms with van der Waals surface area (Å²) in [5.41, 5.74) is 4.05. The third kappa shape index (κ3) is 2.70. The minimum atomic E-state index is -0.219. The van der Waals surface area contributed by atoms with Crippen LogP contribution < -0.4 is 15.3 Å². The maximum Gasteiger partial charge on any atom is 0.339 e. The van der Waals surface area contributed by atoms with E-state index < -0.39 is 0 Å². The zero-order valence-corrected chi connectivity index (χ0v) is 16.1. The van der Waals surface area contributed by atoms with E-state index >= 15 is 0 Å². The van der Waals surface area contributed by atoms with Crippen LogP contribution in [0.15, 0.2) is 39.5 Å². The fourth-order valence-electron chi connectivity index (χ4n) is 4.11. The van der Waals surface area contributed by atoms with Crippen molar-refractivity contribution in [1.29, 1.82) is 0 Å². The minimum absolute atomic E-state index is 0.219. The van der Waals surface area contributed by atoms with Crippen LogP contribution in [-0.2, 0) is 19.4 Å². The topological polar surface area (TPSA) is 42.7 Å². The van der Waals surface area contributed by atoms with Gasteiger partial charge in [0.2, 0.25) is 0 Å². The van der Waals surface area contributed by atoms with Crippen molar-refractivity contribution < 1.29 is 9.15 Å². The fourth-order valence-corrected chi connectivity index (χ4v) is 4.52. The van der Waals surface area contributed by atoms with E-state index in [4.69, 9.17) is 32.4 Å². The number of halogens is 2. The number of benzene rings is 2. The number of fused-ring (bicyclic) bond motifs is 5. The average Bonchev–Trinajstić information content (AvgIpc) is 2.70. The molecule has 1 aromatic heterocycles. The Morgan fingerprint density at radius 3 is 2.63 bits per heavy atom. The maximum absolute atomic E-state index is 12.6. The standard InChI is InChI=1S/C21H17Cl2NO3/c22-16-6-3-7-17(19(16)23)24-10-15-18(26-11-24)9-8-13-12-4-1-2-5-14(12)21(25)27-20(13)15/h3,6-9H,1-2,4-5,10-11H2. The summed E-state index contributed by atoms with van der Waals surface area (Å²) < 4.78 is 11.7. The van der Waals surface area contributed by atoms with Crippen LogP contribution in [0.3, 0.4) is 0 Å². The normalized spacial score (nSPS) is 16.0. The summed E-state index contributed by atoms with van der Waals surface area (Å²) in [7, 11) is 0. The number of aryl methyl sites for hydroxylation is 1. The molecule has 4 nitrogen and oxygen atoms in total. The first-order valence-electron chi connectivity index (χ1n) is 9.05. The Balaban J connectivity index is 1.66. The summed E-state index contributed by atoms with van der Waals surface area (Å²) in [6.45, 7) is 0.891. The van der Waals surface area contributed by atoms with Crippen LogP contribution in [0.4, 0.5) is 5.69 Å². The zero-order valence-electron chi connectivity index (χ0n) is 14.6. The molecule has 0 spiro atoms. The minimum Gasteiger partial charge on any atom is -0.473 e. The van der Waals surface area contributed by atoms with Crippen LogP contribution in [-0.4, -0.2) is 6.73 Å². The molecule has 0 saturated carbocycles. The highest BCUT2D eigenvalue weighted by Gasteiger charge is 2.26. The maximum atomic E-state index is 12.6. The Morgan fingerprint density at radius 2 is 1.78 bits per heavy atom. The Labute approximate surface area is 166 Å². The van der Waals surface area contributed by atoms with E-state index in [9.17, 15) is 4.79 Å². The second-order valence-electron chi connectivity index (χ2n) is 7.02. The molecule has 1 aliphatic heterocycles. The summed E-state index contributed by atoms with van der Waals surface area (Å²) >= 11 is 12.6. The predicted octanol–water partition coefficient (Wildman–Crippen LogP) is 5.34. The number of anilines is 1. The lowest BCUT2D eigenvalue weighted by atomic mass is 9.90. The monoisotopic (exact) mass is 401 g/mol. The second kappa shape index (κ2) is 6.47. The Hall–Kier alpha value is -2.17. The number of hydrogen-bond acceptors (Lipinski definition) is 4. The van der Waals surface area contributed by atoms with Crippen molar-refractivity contribution in [2.45, 2.75) is 32.2 Å². The van der Waals surface area contributed by atoms with Crippen molar-refractivity contribution >= 4 is 39.9 Å². The van der Waals surface area contributed by atoms with Crippen molar-refractivity contribution in [2.24, 2.45) is 0 Å². The van der Waals surface area contributed by atoms with Crippen LogP contribution in [0.1, 0.15) is 29.5 Å². The fraction of sp³-hybridized carbons (Fsp3) is 0.286. The van der Waals surface area contributed by atoms with E-state index in [-0.39, 0.29) is 5.63 Å². The molecule has 2 aromatic carbocycles. The number of rotatable bonds is 1. The quantitative estimate of drug-likeness (QED) is 0.516. The average molecular weight is 402 g/mol. The first-order chi connectivity index (χ1) is 13.1. The van der Waals surface area contributed by atoms with Gasteiger partial charge >= 0.3 is 5.63 Å². The van der Waals surface area contributed by atoms with E-state index in [1.165, 1.54) is 0 Å². The molecule has 6 heteroatoms. The molecule has 0 unspecified atom stereocenters. The molecule has 138 valence electrons. The van der Waals surface area contributed by atoms with Crippen molar-refractivity contribution in [3.05, 3.63) is 67.5 Å². The highest BCUT2D eigenvalue weighted by atomic mass is 35.5. The Bertz CT molecular complexity index is 1120. The lowest BCUT2D eigenvalue weighted by Gasteiger charge is -2.32. The van der Waals surface area contributed by atoms with Crippen LogP contribution in [0.2, 0.25) is 10.0 Å². The first kappa shape index (κ1) is 17.0. The first-order valence-corrected chi connectivity index (χ1v) is 9.81. The van der Waals surface area contributed by atoms with Crippen LogP contribution in [0.25, 0.3) is 11.0 Å². The van der Waals surface area contributed by atoms with Gasteiger partial charge in [-0.3, -0.25) is 0 Å². The van der Waals surface area contributed by atoms with E-state index in [1.807, 2.05) is 29.2 Å². The van der Waals surface area contributed by atoms with Gasteiger partial charge in [0.1, 0.15) is 11.3 Å². The summed E-state index contributed by atoms with van der Waals surface area (Å²) in [5.74, 6) is 0.746. The van der Waals surface area contributed by atoms with Gasteiger partial charge in [0, 0.05) is 10.9 Å². The largest absolute Gasteiger partial charge is 0.473 e. The SMILES string of the molecule is O=c1oc2c3c(ccc2c2c1CCCC2)OCN(c1cccc(Cl)c1Cl)C3. The zero-order chi connectivity index (χ0) is 18.5. The van der Waals surface area contributed by atoms with Gasteiger partial charge in [0.25, 0.3) is 0 Å². The summed E-state index contributed by atoms with van der Waals surface area (Å²) in [6, 6.07) is 9.52. The predicted molar refractivity (Wildman–Crippen MR) is 107 cm³/mol. The third-order valence-electron chi connectivity index (χ3n) is 5.45. The molecular weight excluding hydrogens is 385 g/mol. The molecule has 0 atom stereocenters. The molecule has 2 heterocycles. The van der Waals surface area contributed by atoms with Gasteiger partial charge < -0.3 is 14.1 Å². The molecular formula is C21H17Cl2NO3. The van der Waals surface area contributed by atoms with E-state index in [1.54, 1.807) is 6.07 Å². The summed E-state index contributed by atoms with van der Waals surface area (Å²) in [4.78, 5) is 14.5. The van der Waals surface area contributed by atoms with Crippen molar-refractivity contribution in [2.75, 3.05) is 11.6 Å². The van der Waals surface area contributed by atoms with Gasteiger partial charge in [-0.1, -0.05) is 29.3 Å². The van der Waals surface area contributed by atoms with Crippen molar-refractivity contribution in [3.8, 4) is 5.75 Å². The smallest absolute Gasteiger partial charge is 0.339 e. The highest BCUT2D eigenvalue weighted by molar-refractivity contribution is 6.43. The van der Waals surface area contributed by atoms with E-state index in [0.717, 1.165) is 59.2 Å². The van der Waals surface area contributed by atoms with Crippen molar-refractivity contribution in [3.63, 3.8) is 0 Å². The summed E-state index contributed by atoms with van der Waals surface area (Å²) in [5, 5.41) is 2.01. The number of ether oxygens (including phenoxy) is 1. The van der Waals surface area contributed by atoms with E-state index in [0.29, 0.717) is 28.9 Å². The highest BCUT2D eigenvalue weighted by Crippen LogP contribution is 2.39. The van der Waals surface area contributed by atoms with Crippen LogP contribution >= 0.6 is 23.2 Å². The van der Waals surface area contributed by atoms with Crippen molar-refractivity contribution in [1.82, 2.24) is 0 Å². The van der Waals surface area contributed by atoms with Gasteiger partial charge in [-0.2, -0.15) is 0 Å². The van der Waals surface area contributed by atoms with E-state index in [2.05, 4.69) is 0 Å². The van der Waals surface area contributed by atoms with Gasteiger partial charge in [0.05, 0.1) is 27.8 Å². The number of hydrogen-bond donors (Lipinski definition) is 0. The molecule has 0 radical (unpaired) electrons. The molecule has 0 fully saturated rings. The van der Waals surface area contributed by atoms with Gasteiger partial charge in [0.15, 0.2) is 6.73 Å². The Morgan fingerprint density at radius 1 is 0.963 bits per heavy atom. The van der Waals surface area contributed by atoms with Gasteiger partial charge in [-0.15, -0.1) is 0 Å².